The summed E-state index contributed by atoms with van der Waals surface area (Å²) in [5.74, 6) is 0.594. The molecule has 0 spiro atoms. The maximum atomic E-state index is 12.4. The average Bonchev–Trinajstić information content (AvgIpc) is 2.51. The van der Waals surface area contributed by atoms with Crippen molar-refractivity contribution >= 4 is 12.1 Å². The van der Waals surface area contributed by atoms with Crippen molar-refractivity contribution in [1.82, 2.24) is 5.32 Å². The molecule has 0 aliphatic rings. The summed E-state index contributed by atoms with van der Waals surface area (Å²) in [5, 5.41) is 2.59. The summed E-state index contributed by atoms with van der Waals surface area (Å²) < 4.78 is 21.0. The van der Waals surface area contributed by atoms with Gasteiger partial charge in [0, 0.05) is 6.42 Å². The first-order valence-electron chi connectivity index (χ1n) is 8.46. The maximum absolute atomic E-state index is 12.4. The van der Waals surface area contributed by atoms with E-state index in [1.807, 2.05) is 0 Å². The lowest BCUT2D eigenvalue weighted by atomic mass is 10.1. The number of methoxy groups -OCH3 is 2. The molecule has 0 bridgehead atoms. The number of carbonyl (C=O) groups excluding carboxylic acids is 2. The third-order valence-corrected chi connectivity index (χ3v) is 3.22. The quantitative estimate of drug-likeness (QED) is 0.746. The normalized spacial score (nSPS) is 12.3. The van der Waals surface area contributed by atoms with Gasteiger partial charge in [-0.2, -0.15) is 0 Å². The van der Waals surface area contributed by atoms with Gasteiger partial charge >= 0.3 is 12.1 Å². The Kier molecular flexibility index (Phi) is 7.74. The van der Waals surface area contributed by atoms with E-state index >= 15 is 0 Å². The van der Waals surface area contributed by atoms with E-state index in [1.54, 1.807) is 59.9 Å². The predicted octanol–water partition coefficient (Wildman–Crippen LogP) is 3.09. The number of benzene rings is 1. The molecule has 0 fully saturated rings. The first-order chi connectivity index (χ1) is 12.1. The molecular weight excluding hydrogens is 338 g/mol. The largest absolute Gasteiger partial charge is 0.493 e. The average molecular weight is 367 g/mol. The van der Waals surface area contributed by atoms with Crippen LogP contribution in [0.15, 0.2) is 18.2 Å². The predicted molar refractivity (Wildman–Crippen MR) is 97.6 cm³/mol. The molecule has 7 nitrogen and oxygen atoms in total. The van der Waals surface area contributed by atoms with Crippen LogP contribution in [0, 0.1) is 0 Å². The highest BCUT2D eigenvalue weighted by molar-refractivity contribution is 5.82. The highest BCUT2D eigenvalue weighted by atomic mass is 16.6. The topological polar surface area (TPSA) is 83.1 Å². The molecule has 26 heavy (non-hydrogen) atoms. The van der Waals surface area contributed by atoms with E-state index < -0.39 is 23.7 Å². The fourth-order valence-electron chi connectivity index (χ4n) is 2.20. The van der Waals surface area contributed by atoms with Gasteiger partial charge < -0.3 is 24.3 Å². The lowest BCUT2D eigenvalue weighted by Crippen LogP contribution is -2.46. The van der Waals surface area contributed by atoms with E-state index in [0.29, 0.717) is 11.5 Å². The number of ether oxygens (including phenoxy) is 4. The molecule has 0 saturated carbocycles. The molecule has 0 radical (unpaired) electrons. The number of hydrogen-bond acceptors (Lipinski definition) is 6. The number of amides is 1. The first kappa shape index (κ1) is 21.6. The smallest absolute Gasteiger partial charge is 0.408 e. The lowest BCUT2D eigenvalue weighted by molar-refractivity contribution is -0.149. The minimum absolute atomic E-state index is 0.227. The van der Waals surface area contributed by atoms with Crippen LogP contribution in [-0.2, 0) is 20.7 Å². The van der Waals surface area contributed by atoms with E-state index in [-0.39, 0.29) is 12.5 Å². The van der Waals surface area contributed by atoms with Gasteiger partial charge in [-0.05, 0) is 52.3 Å². The summed E-state index contributed by atoms with van der Waals surface area (Å²) in [6.07, 6.45) is -0.745. The maximum Gasteiger partial charge on any atom is 0.408 e. The third-order valence-electron chi connectivity index (χ3n) is 3.22. The second-order valence-electron chi connectivity index (χ2n) is 7.08. The zero-order chi connectivity index (χ0) is 19.9. The molecule has 0 aliphatic heterocycles. The highest BCUT2D eigenvalue weighted by Gasteiger charge is 2.26. The van der Waals surface area contributed by atoms with Gasteiger partial charge in [-0.25, -0.2) is 9.59 Å². The second-order valence-corrected chi connectivity index (χ2v) is 7.08. The number of esters is 1. The number of rotatable bonds is 7. The summed E-state index contributed by atoms with van der Waals surface area (Å²) in [6.45, 7) is 8.75. The van der Waals surface area contributed by atoms with Crippen molar-refractivity contribution in [3.63, 3.8) is 0 Å². The van der Waals surface area contributed by atoms with Gasteiger partial charge in [0.1, 0.15) is 11.6 Å². The van der Waals surface area contributed by atoms with Gasteiger partial charge in [-0.1, -0.05) is 6.07 Å². The molecule has 1 atom stereocenters. The van der Waals surface area contributed by atoms with Crippen LogP contribution in [-0.4, -0.2) is 44.0 Å². The van der Waals surface area contributed by atoms with Crippen LogP contribution in [0.4, 0.5) is 4.79 Å². The Hall–Kier alpha value is -2.44. The van der Waals surface area contributed by atoms with Crippen molar-refractivity contribution in [3.05, 3.63) is 23.8 Å². The van der Waals surface area contributed by atoms with E-state index in [1.165, 1.54) is 7.11 Å². The Morgan fingerprint density at radius 3 is 2.19 bits per heavy atom. The number of nitrogens with one attached hydrogen (secondary N) is 1. The minimum Gasteiger partial charge on any atom is -0.493 e. The van der Waals surface area contributed by atoms with Gasteiger partial charge in [-0.15, -0.1) is 0 Å². The summed E-state index contributed by atoms with van der Waals surface area (Å²) in [4.78, 5) is 24.5. The Bertz CT molecular complexity index is 621. The molecule has 0 aromatic heterocycles. The van der Waals surface area contributed by atoms with Gasteiger partial charge in [0.25, 0.3) is 0 Å². The van der Waals surface area contributed by atoms with Crippen molar-refractivity contribution < 1.29 is 28.5 Å². The van der Waals surface area contributed by atoms with Gasteiger partial charge in [0.2, 0.25) is 0 Å². The molecule has 1 aromatic rings. The molecule has 1 N–H and O–H groups in total. The monoisotopic (exact) mass is 367 g/mol. The summed E-state index contributed by atoms with van der Waals surface area (Å²) in [6, 6.07) is 4.41. The Labute approximate surface area is 155 Å². The van der Waals surface area contributed by atoms with E-state index in [2.05, 4.69) is 5.32 Å². The molecule has 1 amide bonds. The highest BCUT2D eigenvalue weighted by Crippen LogP contribution is 2.28. The summed E-state index contributed by atoms with van der Waals surface area (Å²) in [7, 11) is 3.08. The molecule has 7 heteroatoms. The zero-order valence-electron chi connectivity index (χ0n) is 16.5. The standard InChI is InChI=1S/C19H29NO6/c1-12(2)25-17(21)14(20-18(22)26-19(3,4)5)10-13-8-9-15(23-6)16(11-13)24-7/h8-9,11-12,14H,10H2,1-7H3,(H,20,22)/t14-/m1/s1. The van der Waals surface area contributed by atoms with E-state index in [0.717, 1.165) is 5.56 Å². The van der Waals surface area contributed by atoms with Crippen LogP contribution < -0.4 is 14.8 Å². The summed E-state index contributed by atoms with van der Waals surface area (Å²) in [5.41, 5.74) is 0.115. The van der Waals surface area contributed by atoms with Crippen molar-refractivity contribution in [2.45, 2.75) is 58.8 Å². The number of carbonyl (C=O) groups is 2. The van der Waals surface area contributed by atoms with Crippen LogP contribution in [0.1, 0.15) is 40.2 Å². The van der Waals surface area contributed by atoms with E-state index in [9.17, 15) is 9.59 Å². The SMILES string of the molecule is COc1ccc(C[C@@H](NC(=O)OC(C)(C)C)C(=O)OC(C)C)cc1OC. The van der Waals surface area contributed by atoms with Gasteiger partial charge in [-0.3, -0.25) is 0 Å². The van der Waals surface area contributed by atoms with Gasteiger partial charge in [0.15, 0.2) is 11.5 Å². The minimum atomic E-state index is -0.884. The van der Waals surface area contributed by atoms with Crippen LogP contribution in [0.25, 0.3) is 0 Å². The molecule has 0 unspecified atom stereocenters. The fourth-order valence-corrected chi connectivity index (χ4v) is 2.20. The third kappa shape index (κ3) is 7.21. The van der Waals surface area contributed by atoms with Crippen molar-refractivity contribution in [2.24, 2.45) is 0 Å². The fraction of sp³-hybridized carbons (Fsp3) is 0.579. The van der Waals surface area contributed by atoms with Gasteiger partial charge in [0.05, 0.1) is 20.3 Å². The molecule has 0 heterocycles. The second kappa shape index (κ2) is 9.31. The molecule has 1 rings (SSSR count). The number of alkyl carbamates (subject to hydrolysis) is 1. The summed E-state index contributed by atoms with van der Waals surface area (Å²) >= 11 is 0. The lowest BCUT2D eigenvalue weighted by Gasteiger charge is -2.23. The van der Waals surface area contributed by atoms with Crippen LogP contribution in [0.3, 0.4) is 0 Å². The van der Waals surface area contributed by atoms with Crippen molar-refractivity contribution in [1.29, 1.82) is 0 Å². The molecule has 0 saturated heterocycles. The molecule has 0 aliphatic carbocycles. The van der Waals surface area contributed by atoms with Crippen LogP contribution >= 0.6 is 0 Å². The Morgan fingerprint density at radius 2 is 1.69 bits per heavy atom. The Morgan fingerprint density at radius 1 is 1.08 bits per heavy atom. The zero-order valence-corrected chi connectivity index (χ0v) is 16.5. The molecule has 146 valence electrons. The van der Waals surface area contributed by atoms with Crippen LogP contribution in [0.2, 0.25) is 0 Å². The van der Waals surface area contributed by atoms with Crippen molar-refractivity contribution in [2.75, 3.05) is 14.2 Å². The van der Waals surface area contributed by atoms with Crippen LogP contribution in [0.5, 0.6) is 11.5 Å². The Balaban J connectivity index is 2.98. The molecular formula is C19H29NO6. The number of hydrogen-bond donors (Lipinski definition) is 1. The molecule has 1 aromatic carbocycles. The first-order valence-corrected chi connectivity index (χ1v) is 8.46. The van der Waals surface area contributed by atoms with Crippen molar-refractivity contribution in [3.8, 4) is 11.5 Å². The van der Waals surface area contributed by atoms with E-state index in [4.69, 9.17) is 18.9 Å².